The number of halogens is 1. The van der Waals surface area contributed by atoms with Crippen molar-refractivity contribution in [3.05, 3.63) is 59.7 Å². The molecule has 0 aliphatic carbocycles. The van der Waals surface area contributed by atoms with Crippen molar-refractivity contribution >= 4 is 24.6 Å². The summed E-state index contributed by atoms with van der Waals surface area (Å²) in [5.41, 5.74) is 9.11. The van der Waals surface area contributed by atoms with Gasteiger partial charge >= 0.3 is 5.97 Å². The second-order valence-electron chi connectivity index (χ2n) is 5.88. The molecule has 0 heterocycles. The zero-order chi connectivity index (χ0) is 23.5. The molecule has 0 saturated carbocycles. The number of amides is 2. The molecule has 2 amide bonds. The van der Waals surface area contributed by atoms with Gasteiger partial charge in [-0.05, 0) is 44.0 Å². The van der Waals surface area contributed by atoms with Crippen molar-refractivity contribution in [2.75, 3.05) is 6.54 Å². The number of primary amides is 1. The number of benzene rings is 2. The van der Waals surface area contributed by atoms with E-state index in [-0.39, 0.29) is 6.54 Å². The first-order chi connectivity index (χ1) is 14.1. The van der Waals surface area contributed by atoms with Gasteiger partial charge in [0.15, 0.2) is 0 Å². The van der Waals surface area contributed by atoms with Gasteiger partial charge in [0.1, 0.15) is 0 Å². The number of nitrogens with two attached hydrogens (primary N) is 1. The molecule has 0 atom stereocenters. The Morgan fingerprint density at radius 3 is 1.88 bits per heavy atom. The summed E-state index contributed by atoms with van der Waals surface area (Å²) in [6.07, 6.45) is 2.05. The molecule has 2 aromatic rings. The molecule has 32 heavy (non-hydrogen) atoms. The third-order valence-corrected chi connectivity index (χ3v) is 2.84. The van der Waals surface area contributed by atoms with Crippen molar-refractivity contribution in [3.63, 3.8) is 0 Å². The number of hydrogen-bond donors (Lipinski definition) is 3. The van der Waals surface area contributed by atoms with Crippen molar-refractivity contribution in [3.8, 4) is 11.1 Å². The molecule has 2 aromatic carbocycles. The van der Waals surface area contributed by atoms with E-state index in [1.807, 2.05) is 54.7 Å². The Labute approximate surface area is 176 Å². The van der Waals surface area contributed by atoms with E-state index in [0.717, 1.165) is 11.1 Å². The van der Waals surface area contributed by atoms with Crippen LogP contribution in [0.15, 0.2) is 48.5 Å². The van der Waals surface area contributed by atoms with Gasteiger partial charge in [0.2, 0.25) is 5.91 Å². The number of carbonyl (C=O) groups is 2. The van der Waals surface area contributed by atoms with Crippen LogP contribution in [0.25, 0.3) is 11.1 Å². The molecule has 7 nitrogen and oxygen atoms in total. The van der Waals surface area contributed by atoms with Crippen molar-refractivity contribution in [2.45, 2.75) is 33.9 Å². The Balaban J connectivity index is -0.000000207. The average Bonchev–Trinajstić information content (AvgIpc) is 2.67. The number of rotatable bonds is 5. The van der Waals surface area contributed by atoms with E-state index in [1.165, 1.54) is 39.0 Å². The van der Waals surface area contributed by atoms with Gasteiger partial charge < -0.3 is 25.7 Å². The first-order valence-corrected chi connectivity index (χ1v) is 8.80. The van der Waals surface area contributed by atoms with E-state index in [2.05, 4.69) is 0 Å². The quantitative estimate of drug-likeness (QED) is 0.315. The van der Waals surface area contributed by atoms with Crippen LogP contribution in [-0.2, 0) is 14.4 Å². The molecule has 0 fully saturated rings. The number of hydrogen-bond acceptors (Lipinski definition) is 4. The van der Waals surface area contributed by atoms with Crippen LogP contribution in [0, 0.1) is 6.92 Å². The normalized spacial score (nSPS) is 8.19. The van der Waals surface area contributed by atoms with Gasteiger partial charge in [-0.1, -0.05) is 42.0 Å². The SMILES string of the molecule is CC(C)F.C[C-]=O.Cc1ccc(-c2cccc(C(N)=O)c2)cc1.O=[C-]NCC(=O)O.[Fm].[Fm]. The van der Waals surface area contributed by atoms with Crippen molar-refractivity contribution < 1.29 is 28.7 Å². The fourth-order valence-corrected chi connectivity index (χ4v) is 1.71. The van der Waals surface area contributed by atoms with Crippen LogP contribution in [0.1, 0.15) is 36.7 Å². The van der Waals surface area contributed by atoms with Crippen LogP contribution < -0.4 is 11.1 Å². The van der Waals surface area contributed by atoms with Crippen LogP contribution >= 0.6 is 0 Å². The summed E-state index contributed by atoms with van der Waals surface area (Å²) in [5.74, 6) is -1.46. The molecule has 10 heteroatoms. The van der Waals surface area contributed by atoms with E-state index < -0.39 is 18.0 Å². The maximum Gasteiger partial charge on any atom is 0.320 e. The van der Waals surface area contributed by atoms with Crippen LogP contribution in [0.2, 0.25) is 0 Å². The second kappa shape index (κ2) is 20.2. The number of aryl methyl sites for hydroxylation is 1. The summed E-state index contributed by atoms with van der Waals surface area (Å²) in [5, 5.41) is 9.65. The number of alkyl halides is 1. The van der Waals surface area contributed by atoms with Gasteiger partial charge in [0, 0.05) is 5.56 Å². The third kappa shape index (κ3) is 19.2. The standard InChI is InChI=1S/C14H13NO.C3H7F.C3H4NO3.C2H3O.2Fm/c1-10-5-7-11(8-6-10)12-3-2-4-13(9-12)14(15)16;1-3(2)4;5-2-4-1-3(6)7;1-2-3;;/h2-9H,1H3,(H2,15,16);3H,1-2H3;1H2,(H,4,5)(H,6,7);1H3;;/q;;2*-1;;. The first kappa shape index (κ1) is 34.0. The molecular weight excluding hydrogens is 905 g/mol. The fourth-order valence-electron chi connectivity index (χ4n) is 1.71. The summed E-state index contributed by atoms with van der Waals surface area (Å²) in [4.78, 5) is 38.5. The number of carboxylic acid groups (broad SMARTS) is 1. The van der Waals surface area contributed by atoms with Gasteiger partial charge in [0.25, 0.3) is 0 Å². The smallest absolute Gasteiger partial charge is 0.320 e. The molecule has 0 spiro atoms. The summed E-state index contributed by atoms with van der Waals surface area (Å²) in [6, 6.07) is 15.5. The van der Waals surface area contributed by atoms with Crippen LogP contribution in [0.3, 0.4) is 0 Å². The zero-order valence-corrected chi connectivity index (χ0v) is 22.8. The fraction of sp³-hybridized carbons (Fsp3) is 0.273. The number of nitrogens with one attached hydrogen (secondary N) is 1. The van der Waals surface area contributed by atoms with Crippen molar-refractivity contribution in [1.82, 2.24) is 5.32 Å². The topological polar surface area (TPSA) is 127 Å². The van der Waals surface area contributed by atoms with Gasteiger partial charge in [-0.25, -0.2) is 4.39 Å². The molecule has 0 unspecified atom stereocenters. The Kier molecular flexibility index (Phi) is 21.4. The Bertz CT molecular complexity index is 785. The molecule has 0 aliphatic rings. The van der Waals surface area contributed by atoms with Gasteiger partial charge in [-0.15, -0.1) is 0 Å². The molecule has 4 N–H and O–H groups in total. The summed E-state index contributed by atoms with van der Waals surface area (Å²) in [6.45, 7) is 6.01. The molecule has 0 aliphatic heterocycles. The third-order valence-electron chi connectivity index (χ3n) is 2.84. The molecule has 188 valence electrons. The van der Waals surface area contributed by atoms with E-state index in [4.69, 9.17) is 15.6 Å². The van der Waals surface area contributed by atoms with Crippen LogP contribution in [-0.4, -0.2) is 42.4 Å². The maximum atomic E-state index is 11.1. The minimum absolute atomic E-state index is 0. The van der Waals surface area contributed by atoms with E-state index >= 15 is 0 Å². The largest absolute Gasteiger partial charge is 0.542 e. The predicted octanol–water partition coefficient (Wildman–Crippen LogP) is 2.97. The van der Waals surface area contributed by atoms with E-state index in [9.17, 15) is 18.8 Å². The van der Waals surface area contributed by atoms with Gasteiger partial charge in [0.05, 0.1) is 12.7 Å². The summed E-state index contributed by atoms with van der Waals surface area (Å²) < 4.78 is 11.0. The number of aliphatic carboxylic acids is 1. The maximum absolute atomic E-state index is 11.1. The molecule has 0 radical (unpaired) electrons. The summed E-state index contributed by atoms with van der Waals surface area (Å²) >= 11 is 0. The van der Waals surface area contributed by atoms with Crippen molar-refractivity contribution in [2.24, 2.45) is 5.73 Å². The minimum Gasteiger partial charge on any atom is -0.542 e. The average molecular weight is 932 g/mol. The second-order valence-corrected chi connectivity index (χ2v) is 5.88. The van der Waals surface area contributed by atoms with Crippen molar-refractivity contribution in [1.29, 1.82) is 0 Å². The predicted molar refractivity (Wildman–Crippen MR) is 114 cm³/mol. The molecule has 0 bridgehead atoms. The molecule has 2 rings (SSSR count). The molecule has 0 saturated heterocycles. The van der Waals surface area contributed by atoms with Crippen LogP contribution in [0.4, 0.5) is 4.39 Å². The number of carbonyl (C=O) groups excluding carboxylic acids is 3. The monoisotopic (exact) mass is 932 g/mol. The van der Waals surface area contributed by atoms with E-state index in [1.54, 1.807) is 6.07 Å². The Morgan fingerprint density at radius 1 is 1.06 bits per heavy atom. The van der Waals surface area contributed by atoms with Gasteiger partial charge in [-0.2, -0.15) is 13.3 Å². The Morgan fingerprint density at radius 2 is 1.53 bits per heavy atom. The zero-order valence-electron chi connectivity index (χ0n) is 18.0. The molecule has 0 aromatic heterocycles. The van der Waals surface area contributed by atoms with E-state index in [0.29, 0.717) is 5.56 Å². The minimum atomic E-state index is -1.07. The van der Waals surface area contributed by atoms with Gasteiger partial charge in [-0.3, -0.25) is 15.9 Å². The Hall–Kier alpha value is -5.55. The first-order valence-electron chi connectivity index (χ1n) is 8.80. The van der Waals surface area contributed by atoms with Crippen LogP contribution in [0.5, 0.6) is 0 Å². The summed E-state index contributed by atoms with van der Waals surface area (Å²) in [7, 11) is 0. The number of carboxylic acids is 1. The molecular formula is C22H27FFm2N2O5-2.